The molecular formula is C27H28N2O5. The SMILES string of the molecule is C#CC1(O)CC(=N)[C@H]2[C@@H]3CC(OCc4ccc([N+](=O)[O-])cc4)c4cc(O)ccc4[C@H]3CC[C@@]21C. The molecule has 0 radical (unpaired) electrons. The molecule has 3 aliphatic carbocycles. The van der Waals surface area contributed by atoms with E-state index >= 15 is 0 Å². The van der Waals surface area contributed by atoms with E-state index in [1.807, 2.05) is 13.0 Å². The van der Waals surface area contributed by atoms with Crippen LogP contribution < -0.4 is 0 Å². The Morgan fingerprint density at radius 1 is 1.26 bits per heavy atom. The van der Waals surface area contributed by atoms with Gasteiger partial charge >= 0.3 is 0 Å². The number of benzene rings is 2. The second-order valence-electron chi connectivity index (χ2n) is 10.2. The summed E-state index contributed by atoms with van der Waals surface area (Å²) in [5, 5.41) is 41.1. The number of terminal acetylenes is 1. The van der Waals surface area contributed by atoms with E-state index < -0.39 is 15.9 Å². The maximum atomic E-state index is 11.2. The molecule has 3 aliphatic rings. The molecule has 7 nitrogen and oxygen atoms in total. The van der Waals surface area contributed by atoms with Crippen LogP contribution in [0.15, 0.2) is 42.5 Å². The summed E-state index contributed by atoms with van der Waals surface area (Å²) in [4.78, 5) is 10.5. The molecule has 2 fully saturated rings. The predicted octanol–water partition coefficient (Wildman–Crippen LogP) is 4.87. The Morgan fingerprint density at radius 2 is 2.00 bits per heavy atom. The lowest BCUT2D eigenvalue weighted by Crippen LogP contribution is -2.51. The van der Waals surface area contributed by atoms with E-state index in [9.17, 15) is 20.3 Å². The van der Waals surface area contributed by atoms with Crippen molar-refractivity contribution in [2.45, 2.75) is 56.8 Å². The number of nitro groups is 1. The molecule has 0 saturated heterocycles. The average Bonchev–Trinajstić information content (AvgIpc) is 3.03. The first-order valence-electron chi connectivity index (χ1n) is 11.6. The highest BCUT2D eigenvalue weighted by molar-refractivity contribution is 5.90. The topological polar surface area (TPSA) is 117 Å². The number of hydrogen-bond donors (Lipinski definition) is 3. The van der Waals surface area contributed by atoms with Crippen molar-refractivity contribution in [3.63, 3.8) is 0 Å². The number of hydrogen-bond acceptors (Lipinski definition) is 6. The second kappa shape index (κ2) is 7.93. The molecule has 0 spiro atoms. The predicted molar refractivity (Wildman–Crippen MR) is 127 cm³/mol. The number of fused-ring (bicyclic) bond motifs is 5. The van der Waals surface area contributed by atoms with Gasteiger partial charge in [0.05, 0.1) is 17.6 Å². The van der Waals surface area contributed by atoms with Gasteiger partial charge in [-0.05, 0) is 72.1 Å². The van der Waals surface area contributed by atoms with E-state index in [0.29, 0.717) is 12.1 Å². The van der Waals surface area contributed by atoms with Crippen LogP contribution in [0.25, 0.3) is 0 Å². The molecule has 0 heterocycles. The highest BCUT2D eigenvalue weighted by atomic mass is 16.6. The van der Waals surface area contributed by atoms with Gasteiger partial charge in [-0.1, -0.05) is 18.9 Å². The van der Waals surface area contributed by atoms with Crippen LogP contribution in [0.2, 0.25) is 0 Å². The Hall–Kier alpha value is -3.21. The molecule has 0 aliphatic heterocycles. The first-order valence-corrected chi connectivity index (χ1v) is 11.6. The molecule has 5 rings (SSSR count). The van der Waals surface area contributed by atoms with Crippen LogP contribution in [0.1, 0.15) is 61.3 Å². The summed E-state index contributed by atoms with van der Waals surface area (Å²) in [7, 11) is 0. The van der Waals surface area contributed by atoms with Crippen LogP contribution in [0.3, 0.4) is 0 Å². The number of phenols is 1. The number of phenolic OH excluding ortho intramolecular Hbond substituents is 1. The maximum Gasteiger partial charge on any atom is 0.269 e. The third kappa shape index (κ3) is 3.32. The molecule has 0 aromatic heterocycles. The zero-order valence-electron chi connectivity index (χ0n) is 19.0. The van der Waals surface area contributed by atoms with Gasteiger partial charge in [0.15, 0.2) is 0 Å². The smallest absolute Gasteiger partial charge is 0.269 e. The van der Waals surface area contributed by atoms with Crippen molar-refractivity contribution in [3.8, 4) is 18.1 Å². The molecule has 2 aromatic rings. The first kappa shape index (κ1) is 22.6. The fourth-order valence-electron chi connectivity index (χ4n) is 6.75. The lowest BCUT2D eigenvalue weighted by molar-refractivity contribution is -0.384. The van der Waals surface area contributed by atoms with E-state index in [1.165, 1.54) is 12.1 Å². The summed E-state index contributed by atoms with van der Waals surface area (Å²) in [5.74, 6) is 2.94. The number of nitrogens with zero attached hydrogens (tertiary/aromatic N) is 1. The van der Waals surface area contributed by atoms with Crippen LogP contribution in [-0.2, 0) is 11.3 Å². The van der Waals surface area contributed by atoms with Gasteiger partial charge in [-0.15, -0.1) is 6.42 Å². The number of non-ortho nitro benzene ring substituents is 1. The zero-order valence-corrected chi connectivity index (χ0v) is 19.0. The summed E-state index contributed by atoms with van der Waals surface area (Å²) in [5.41, 5.74) is 1.55. The van der Waals surface area contributed by atoms with Gasteiger partial charge in [-0.25, -0.2) is 0 Å². The van der Waals surface area contributed by atoms with Crippen LogP contribution in [0, 0.1) is 45.1 Å². The Morgan fingerprint density at radius 3 is 2.68 bits per heavy atom. The molecule has 6 atom stereocenters. The number of aliphatic hydroxyl groups is 1. The van der Waals surface area contributed by atoms with Gasteiger partial charge in [0.1, 0.15) is 11.4 Å². The highest BCUT2D eigenvalue weighted by Crippen LogP contribution is 2.64. The minimum absolute atomic E-state index is 0.0294. The Balaban J connectivity index is 1.47. The molecule has 0 bridgehead atoms. The summed E-state index contributed by atoms with van der Waals surface area (Å²) in [6.45, 7) is 2.29. The summed E-state index contributed by atoms with van der Waals surface area (Å²) in [6.07, 6.45) is 7.88. The normalized spacial score (nSPS) is 34.0. The van der Waals surface area contributed by atoms with Gasteiger partial charge in [0.25, 0.3) is 5.69 Å². The fraction of sp³-hybridized carbons (Fsp3) is 0.444. The van der Waals surface area contributed by atoms with E-state index in [4.69, 9.17) is 16.6 Å². The zero-order chi connectivity index (χ0) is 24.3. The van der Waals surface area contributed by atoms with Crippen molar-refractivity contribution in [1.82, 2.24) is 0 Å². The largest absolute Gasteiger partial charge is 0.508 e. The van der Waals surface area contributed by atoms with Gasteiger partial charge in [-0.2, -0.15) is 0 Å². The van der Waals surface area contributed by atoms with E-state index in [1.54, 1.807) is 24.3 Å². The molecule has 176 valence electrons. The molecule has 2 saturated carbocycles. The Bertz CT molecular complexity index is 1200. The minimum Gasteiger partial charge on any atom is -0.508 e. The van der Waals surface area contributed by atoms with Crippen molar-refractivity contribution in [2.24, 2.45) is 17.3 Å². The third-order valence-electron chi connectivity index (χ3n) is 8.51. The van der Waals surface area contributed by atoms with Crippen LogP contribution in [0.4, 0.5) is 5.69 Å². The Kier molecular flexibility index (Phi) is 5.27. The van der Waals surface area contributed by atoms with Gasteiger partial charge in [0.2, 0.25) is 0 Å². The molecule has 7 heteroatoms. The molecule has 2 aromatic carbocycles. The third-order valence-corrected chi connectivity index (χ3v) is 8.51. The lowest BCUT2D eigenvalue weighted by Gasteiger charge is -2.52. The number of aromatic hydroxyl groups is 1. The van der Waals surface area contributed by atoms with Crippen molar-refractivity contribution < 1.29 is 19.9 Å². The average molecular weight is 461 g/mol. The highest BCUT2D eigenvalue weighted by Gasteiger charge is 2.64. The fourth-order valence-corrected chi connectivity index (χ4v) is 6.75. The monoisotopic (exact) mass is 460 g/mol. The van der Waals surface area contributed by atoms with Crippen LogP contribution >= 0.6 is 0 Å². The number of ether oxygens (including phenoxy) is 1. The molecule has 0 amide bonds. The van der Waals surface area contributed by atoms with Crippen molar-refractivity contribution in [2.75, 3.05) is 0 Å². The molecule has 34 heavy (non-hydrogen) atoms. The maximum absolute atomic E-state index is 11.2. The number of rotatable bonds is 4. The van der Waals surface area contributed by atoms with E-state index in [2.05, 4.69) is 5.92 Å². The summed E-state index contributed by atoms with van der Waals surface area (Å²) >= 11 is 0. The molecule has 2 unspecified atom stereocenters. The summed E-state index contributed by atoms with van der Waals surface area (Å²) < 4.78 is 6.34. The lowest BCUT2D eigenvalue weighted by atomic mass is 9.53. The van der Waals surface area contributed by atoms with Gasteiger partial charge in [-0.3, -0.25) is 10.1 Å². The molecular weight excluding hydrogens is 432 g/mol. The van der Waals surface area contributed by atoms with Crippen molar-refractivity contribution in [1.29, 1.82) is 5.41 Å². The first-order chi connectivity index (χ1) is 16.2. The van der Waals surface area contributed by atoms with Crippen LogP contribution in [-0.4, -0.2) is 26.4 Å². The van der Waals surface area contributed by atoms with Crippen molar-refractivity contribution in [3.05, 3.63) is 69.3 Å². The standard InChI is InChI=1S/C27H28N2O5/c1-3-27(31)14-23(28)25-22-13-24(34-15-16-4-6-17(7-5-16)29(32)33)21-12-18(30)8-9-19(21)20(22)10-11-26(25,27)2/h1,4-9,12,20,22,24-25,28,30-31H,10-11,13-15H2,2H3/t20-,22-,24?,25-,26+,27?/m1/s1. The second-order valence-corrected chi connectivity index (χ2v) is 10.2. The van der Waals surface area contributed by atoms with E-state index in [-0.39, 0.29) is 48.3 Å². The van der Waals surface area contributed by atoms with E-state index in [0.717, 1.165) is 29.5 Å². The minimum atomic E-state index is -1.32. The van der Waals surface area contributed by atoms with Gasteiger partial charge < -0.3 is 20.4 Å². The number of nitrogens with one attached hydrogen (secondary N) is 1. The molecule has 3 N–H and O–H groups in total. The van der Waals surface area contributed by atoms with Crippen molar-refractivity contribution >= 4 is 11.4 Å². The van der Waals surface area contributed by atoms with Gasteiger partial charge in [0, 0.05) is 35.6 Å². The quantitative estimate of drug-likeness (QED) is 0.342. The number of nitro benzene ring substituents is 1. The Labute approximate surface area is 198 Å². The summed E-state index contributed by atoms with van der Waals surface area (Å²) in [6, 6.07) is 11.7. The van der Waals surface area contributed by atoms with Crippen LogP contribution in [0.5, 0.6) is 5.75 Å².